The summed E-state index contributed by atoms with van der Waals surface area (Å²) in [6.07, 6.45) is 8.19. The Bertz CT molecular complexity index is 557. The number of benzene rings is 1. The van der Waals surface area contributed by atoms with Crippen molar-refractivity contribution in [2.24, 2.45) is 11.7 Å². The normalized spacial score (nSPS) is 20.1. The Hall–Kier alpha value is -1.01. The molecule has 1 heterocycles. The van der Waals surface area contributed by atoms with Gasteiger partial charge in [0.2, 0.25) is 5.91 Å². The molecule has 2 aliphatic rings. The van der Waals surface area contributed by atoms with Crippen molar-refractivity contribution in [1.29, 1.82) is 0 Å². The van der Waals surface area contributed by atoms with E-state index in [-0.39, 0.29) is 36.8 Å². The van der Waals surface area contributed by atoms with Crippen molar-refractivity contribution in [2.45, 2.75) is 57.1 Å². The van der Waals surface area contributed by atoms with Crippen molar-refractivity contribution in [3.05, 3.63) is 24.3 Å². The average Bonchev–Trinajstić information content (AvgIpc) is 2.65. The second-order valence-electron chi connectivity index (χ2n) is 7.56. The first-order chi connectivity index (χ1) is 12.1. The molecule has 0 aromatic heterocycles. The van der Waals surface area contributed by atoms with Gasteiger partial charge in [-0.3, -0.25) is 4.79 Å². The van der Waals surface area contributed by atoms with E-state index in [1.807, 2.05) is 24.3 Å². The highest BCUT2D eigenvalue weighted by atomic mass is 35.5. The number of rotatable bonds is 5. The summed E-state index contributed by atoms with van der Waals surface area (Å²) in [6, 6.07) is 7.25. The second kappa shape index (κ2) is 11.7. The van der Waals surface area contributed by atoms with Crippen LogP contribution in [0.3, 0.4) is 0 Å². The first-order valence-electron chi connectivity index (χ1n) is 9.63. The van der Waals surface area contributed by atoms with Crippen molar-refractivity contribution in [3.8, 4) is 5.75 Å². The number of likely N-dealkylation sites (tertiary alicyclic amines) is 1. The Labute approximate surface area is 175 Å². The third-order valence-electron chi connectivity index (χ3n) is 5.55. The van der Waals surface area contributed by atoms with Crippen LogP contribution in [-0.2, 0) is 4.79 Å². The summed E-state index contributed by atoms with van der Waals surface area (Å²) in [5.74, 6) is 1.11. The van der Waals surface area contributed by atoms with Crippen LogP contribution in [0.5, 0.6) is 5.75 Å². The van der Waals surface area contributed by atoms with Crippen LogP contribution in [0.15, 0.2) is 24.3 Å². The lowest BCUT2D eigenvalue weighted by atomic mass is 9.84. The first-order valence-corrected chi connectivity index (χ1v) is 9.63. The van der Waals surface area contributed by atoms with Gasteiger partial charge in [-0.15, -0.1) is 24.8 Å². The Balaban J connectivity index is 0.00000182. The van der Waals surface area contributed by atoms with Gasteiger partial charge in [-0.25, -0.2) is 0 Å². The molecular weight excluding hydrogens is 385 g/mol. The number of anilines is 1. The van der Waals surface area contributed by atoms with Gasteiger partial charge in [-0.2, -0.15) is 0 Å². The molecule has 1 aliphatic carbocycles. The van der Waals surface area contributed by atoms with Crippen LogP contribution < -0.4 is 15.8 Å². The lowest BCUT2D eigenvalue weighted by molar-refractivity contribution is -0.118. The third kappa shape index (κ3) is 7.15. The predicted molar refractivity (Wildman–Crippen MR) is 115 cm³/mol. The van der Waals surface area contributed by atoms with Crippen LogP contribution in [0.2, 0.25) is 0 Å². The van der Waals surface area contributed by atoms with E-state index >= 15 is 0 Å². The summed E-state index contributed by atoms with van der Waals surface area (Å²) in [5.41, 5.74) is 6.95. The number of carbonyl (C=O) groups is 1. The molecule has 1 atom stereocenters. The molecule has 0 bridgehead atoms. The molecule has 0 radical (unpaired) electrons. The summed E-state index contributed by atoms with van der Waals surface area (Å²) in [6.45, 7) is 2.16. The predicted octanol–water partition coefficient (Wildman–Crippen LogP) is 3.85. The van der Waals surface area contributed by atoms with E-state index in [0.717, 1.165) is 50.2 Å². The average molecular weight is 418 g/mol. The number of hydrogen-bond donors (Lipinski definition) is 2. The minimum atomic E-state index is -0.407. The highest BCUT2D eigenvalue weighted by molar-refractivity contribution is 5.94. The quantitative estimate of drug-likeness (QED) is 0.762. The highest BCUT2D eigenvalue weighted by Gasteiger charge is 2.26. The van der Waals surface area contributed by atoms with Crippen LogP contribution in [-0.4, -0.2) is 43.1 Å². The maximum Gasteiger partial charge on any atom is 0.241 e. The number of nitrogens with one attached hydrogen (secondary N) is 1. The van der Waals surface area contributed by atoms with Gasteiger partial charge in [-0.05, 0) is 62.9 Å². The molecule has 1 aliphatic heterocycles. The van der Waals surface area contributed by atoms with Crippen molar-refractivity contribution in [1.82, 2.24) is 4.90 Å². The van der Waals surface area contributed by atoms with Crippen molar-refractivity contribution in [2.75, 3.05) is 25.5 Å². The fourth-order valence-corrected chi connectivity index (χ4v) is 3.84. The second-order valence-corrected chi connectivity index (χ2v) is 7.56. The molecule has 0 spiro atoms. The lowest BCUT2D eigenvalue weighted by Crippen LogP contribution is -2.42. The topological polar surface area (TPSA) is 67.6 Å². The summed E-state index contributed by atoms with van der Waals surface area (Å²) in [4.78, 5) is 14.7. The standard InChI is InChI=1S/C20H31N3O2.2ClH/c1-23-13-11-18(12-14-23)25-17-9-7-16(8-10-17)22-20(24)19(21)15-5-3-2-4-6-15;;/h7-10,15,18-19H,2-6,11-14,21H2,1H3,(H,22,24);2*1H/t19-;;/m0../s1. The van der Waals surface area contributed by atoms with E-state index in [1.165, 1.54) is 19.3 Å². The molecule has 1 saturated carbocycles. The van der Waals surface area contributed by atoms with Crippen LogP contribution in [0.25, 0.3) is 0 Å². The van der Waals surface area contributed by atoms with Crippen LogP contribution in [0, 0.1) is 5.92 Å². The minimum Gasteiger partial charge on any atom is -0.490 e. The molecule has 3 N–H and O–H groups in total. The number of nitrogens with zero attached hydrogens (tertiary/aromatic N) is 1. The maximum atomic E-state index is 12.4. The number of hydrogen-bond acceptors (Lipinski definition) is 4. The zero-order valence-electron chi connectivity index (χ0n) is 16.1. The molecular formula is C20H33Cl2N3O2. The monoisotopic (exact) mass is 417 g/mol. The summed E-state index contributed by atoms with van der Waals surface area (Å²) >= 11 is 0. The highest BCUT2D eigenvalue weighted by Crippen LogP contribution is 2.26. The Morgan fingerprint density at radius 3 is 2.26 bits per heavy atom. The van der Waals surface area contributed by atoms with E-state index in [1.54, 1.807) is 0 Å². The zero-order valence-corrected chi connectivity index (χ0v) is 17.7. The van der Waals surface area contributed by atoms with Gasteiger partial charge in [-0.1, -0.05) is 19.3 Å². The maximum absolute atomic E-state index is 12.4. The Morgan fingerprint density at radius 2 is 1.67 bits per heavy atom. The molecule has 7 heteroatoms. The molecule has 0 unspecified atom stereocenters. The van der Waals surface area contributed by atoms with Gasteiger partial charge < -0.3 is 20.7 Å². The Morgan fingerprint density at radius 1 is 1.07 bits per heavy atom. The fourth-order valence-electron chi connectivity index (χ4n) is 3.84. The van der Waals surface area contributed by atoms with Crippen LogP contribution >= 0.6 is 24.8 Å². The molecule has 3 rings (SSSR count). The molecule has 27 heavy (non-hydrogen) atoms. The lowest BCUT2D eigenvalue weighted by Gasteiger charge is -2.29. The first kappa shape index (κ1) is 24.0. The van der Waals surface area contributed by atoms with Crippen LogP contribution in [0.4, 0.5) is 5.69 Å². The van der Waals surface area contributed by atoms with E-state index in [4.69, 9.17) is 10.5 Å². The molecule has 5 nitrogen and oxygen atoms in total. The van der Waals surface area contributed by atoms with Gasteiger partial charge >= 0.3 is 0 Å². The van der Waals surface area contributed by atoms with Gasteiger partial charge in [0.05, 0.1) is 6.04 Å². The smallest absolute Gasteiger partial charge is 0.241 e. The molecule has 2 fully saturated rings. The molecule has 1 saturated heterocycles. The molecule has 1 amide bonds. The van der Waals surface area contributed by atoms with Gasteiger partial charge in [0.1, 0.15) is 11.9 Å². The van der Waals surface area contributed by atoms with E-state index in [9.17, 15) is 4.79 Å². The number of nitrogens with two attached hydrogens (primary N) is 1. The largest absolute Gasteiger partial charge is 0.490 e. The number of ether oxygens (including phenoxy) is 1. The van der Waals surface area contributed by atoms with Crippen LogP contribution in [0.1, 0.15) is 44.9 Å². The van der Waals surface area contributed by atoms with Crippen molar-refractivity contribution < 1.29 is 9.53 Å². The fraction of sp³-hybridized carbons (Fsp3) is 0.650. The van der Waals surface area contributed by atoms with Gasteiger partial charge in [0.25, 0.3) is 0 Å². The zero-order chi connectivity index (χ0) is 17.6. The number of halogens is 2. The van der Waals surface area contributed by atoms with E-state index in [2.05, 4.69) is 17.3 Å². The third-order valence-corrected chi connectivity index (χ3v) is 5.55. The van der Waals surface area contributed by atoms with Crippen molar-refractivity contribution in [3.63, 3.8) is 0 Å². The summed E-state index contributed by atoms with van der Waals surface area (Å²) < 4.78 is 6.04. The molecule has 1 aromatic carbocycles. The number of carbonyl (C=O) groups excluding carboxylic acids is 1. The summed E-state index contributed by atoms with van der Waals surface area (Å²) in [5, 5.41) is 2.95. The minimum absolute atomic E-state index is 0. The van der Waals surface area contributed by atoms with E-state index < -0.39 is 6.04 Å². The van der Waals surface area contributed by atoms with Gasteiger partial charge in [0.15, 0.2) is 0 Å². The SMILES string of the molecule is CN1CCC(Oc2ccc(NC(=O)[C@@H](N)C3CCCCC3)cc2)CC1.Cl.Cl. The van der Waals surface area contributed by atoms with E-state index in [0.29, 0.717) is 5.92 Å². The van der Waals surface area contributed by atoms with Crippen molar-refractivity contribution >= 4 is 36.4 Å². The van der Waals surface area contributed by atoms with Gasteiger partial charge in [0, 0.05) is 18.8 Å². The number of amides is 1. The summed E-state index contributed by atoms with van der Waals surface area (Å²) in [7, 11) is 2.14. The molecule has 1 aromatic rings. The number of piperidine rings is 1. The molecule has 154 valence electrons. The Kier molecular flexibility index (Phi) is 10.5.